The van der Waals surface area contributed by atoms with Gasteiger partial charge in [-0.15, -0.1) is 0 Å². The van der Waals surface area contributed by atoms with Crippen LogP contribution in [0, 0.1) is 20.8 Å². The van der Waals surface area contributed by atoms with Crippen LogP contribution in [0.25, 0.3) is 5.69 Å². The van der Waals surface area contributed by atoms with E-state index in [2.05, 4.69) is 10.1 Å². The normalized spacial score (nSPS) is 10.6. The van der Waals surface area contributed by atoms with Gasteiger partial charge in [0.05, 0.1) is 5.69 Å². The fourth-order valence-corrected chi connectivity index (χ4v) is 1.68. The van der Waals surface area contributed by atoms with E-state index >= 15 is 0 Å². The van der Waals surface area contributed by atoms with Crippen molar-refractivity contribution < 1.29 is 0 Å². The molecule has 0 bridgehead atoms. The van der Waals surface area contributed by atoms with Crippen LogP contribution in [0.2, 0.25) is 0 Å². The zero-order valence-electron chi connectivity index (χ0n) is 9.15. The fraction of sp³-hybridized carbons (Fsp3) is 0.273. The van der Waals surface area contributed by atoms with E-state index in [9.17, 15) is 0 Å². The van der Waals surface area contributed by atoms with Crippen LogP contribution in [-0.4, -0.2) is 14.8 Å². The summed E-state index contributed by atoms with van der Waals surface area (Å²) in [6.07, 6.45) is 0. The summed E-state index contributed by atoms with van der Waals surface area (Å²) in [4.78, 5) is 4.26. The van der Waals surface area contributed by atoms with E-state index in [0.717, 1.165) is 28.6 Å². The van der Waals surface area contributed by atoms with Crippen LogP contribution in [0.15, 0.2) is 18.2 Å². The number of anilines is 1. The van der Waals surface area contributed by atoms with Gasteiger partial charge in [-0.2, -0.15) is 5.10 Å². The van der Waals surface area contributed by atoms with Crippen molar-refractivity contribution in [3.05, 3.63) is 35.4 Å². The van der Waals surface area contributed by atoms with Crippen molar-refractivity contribution in [1.29, 1.82) is 0 Å². The Labute approximate surface area is 88.8 Å². The lowest BCUT2D eigenvalue weighted by Gasteiger charge is -2.05. The van der Waals surface area contributed by atoms with E-state index in [1.807, 2.05) is 39.0 Å². The van der Waals surface area contributed by atoms with Crippen molar-refractivity contribution in [3.63, 3.8) is 0 Å². The minimum atomic E-state index is 0.748. The molecular weight excluding hydrogens is 188 g/mol. The first-order valence-corrected chi connectivity index (χ1v) is 4.84. The fourth-order valence-electron chi connectivity index (χ4n) is 1.68. The monoisotopic (exact) mass is 202 g/mol. The van der Waals surface area contributed by atoms with Crippen molar-refractivity contribution >= 4 is 5.69 Å². The number of nitrogens with two attached hydrogens (primary N) is 1. The minimum Gasteiger partial charge on any atom is -0.399 e. The van der Waals surface area contributed by atoms with Gasteiger partial charge in [0.2, 0.25) is 0 Å². The summed E-state index contributed by atoms with van der Waals surface area (Å²) < 4.78 is 1.80. The minimum absolute atomic E-state index is 0.748. The van der Waals surface area contributed by atoms with Crippen LogP contribution in [-0.2, 0) is 0 Å². The summed E-state index contributed by atoms with van der Waals surface area (Å²) >= 11 is 0. The molecule has 0 saturated carbocycles. The first kappa shape index (κ1) is 9.71. The molecular formula is C11H14N4. The van der Waals surface area contributed by atoms with Gasteiger partial charge in [-0.3, -0.25) is 0 Å². The molecule has 1 aromatic heterocycles. The van der Waals surface area contributed by atoms with Crippen molar-refractivity contribution in [2.45, 2.75) is 20.8 Å². The Hall–Kier alpha value is -1.84. The van der Waals surface area contributed by atoms with Gasteiger partial charge in [-0.05, 0) is 44.5 Å². The van der Waals surface area contributed by atoms with Gasteiger partial charge < -0.3 is 5.73 Å². The molecule has 78 valence electrons. The average Bonchev–Trinajstić information content (AvgIpc) is 2.43. The molecule has 0 fully saturated rings. The number of rotatable bonds is 1. The van der Waals surface area contributed by atoms with Crippen LogP contribution in [0.4, 0.5) is 5.69 Å². The number of aryl methyl sites for hydroxylation is 3. The highest BCUT2D eigenvalue weighted by Crippen LogP contribution is 2.15. The van der Waals surface area contributed by atoms with E-state index < -0.39 is 0 Å². The molecule has 4 heteroatoms. The predicted molar refractivity (Wildman–Crippen MR) is 60.0 cm³/mol. The van der Waals surface area contributed by atoms with E-state index in [4.69, 9.17) is 5.73 Å². The van der Waals surface area contributed by atoms with Gasteiger partial charge >= 0.3 is 0 Å². The summed E-state index contributed by atoms with van der Waals surface area (Å²) in [7, 11) is 0. The summed E-state index contributed by atoms with van der Waals surface area (Å²) in [6, 6.07) is 5.87. The van der Waals surface area contributed by atoms with Crippen molar-refractivity contribution in [2.24, 2.45) is 0 Å². The molecule has 0 atom stereocenters. The molecule has 2 rings (SSSR count). The van der Waals surface area contributed by atoms with Gasteiger partial charge in [0, 0.05) is 5.69 Å². The Morgan fingerprint density at radius 1 is 1.13 bits per heavy atom. The van der Waals surface area contributed by atoms with Crippen LogP contribution < -0.4 is 5.73 Å². The van der Waals surface area contributed by atoms with E-state index in [-0.39, 0.29) is 0 Å². The second-order valence-electron chi connectivity index (χ2n) is 3.72. The third-order valence-corrected chi connectivity index (χ3v) is 2.20. The Morgan fingerprint density at radius 2 is 1.87 bits per heavy atom. The lowest BCUT2D eigenvalue weighted by atomic mass is 10.2. The zero-order valence-corrected chi connectivity index (χ0v) is 9.15. The second kappa shape index (κ2) is 3.38. The van der Waals surface area contributed by atoms with E-state index in [1.54, 1.807) is 4.68 Å². The molecule has 0 aliphatic rings. The molecule has 0 unspecified atom stereocenters. The second-order valence-corrected chi connectivity index (χ2v) is 3.72. The summed E-state index contributed by atoms with van der Waals surface area (Å²) in [5, 5.41) is 4.31. The molecule has 0 saturated heterocycles. The Morgan fingerprint density at radius 3 is 2.40 bits per heavy atom. The van der Waals surface area contributed by atoms with Crippen LogP contribution >= 0.6 is 0 Å². The number of nitrogen functional groups attached to an aromatic ring is 1. The van der Waals surface area contributed by atoms with Gasteiger partial charge in [0.25, 0.3) is 0 Å². The first-order chi connectivity index (χ1) is 7.06. The molecule has 2 aromatic rings. The molecule has 0 spiro atoms. The molecule has 1 aromatic carbocycles. The van der Waals surface area contributed by atoms with Gasteiger partial charge in [-0.25, -0.2) is 9.67 Å². The lowest BCUT2D eigenvalue weighted by Crippen LogP contribution is -2.01. The third-order valence-electron chi connectivity index (χ3n) is 2.20. The highest BCUT2D eigenvalue weighted by molar-refractivity contribution is 5.50. The lowest BCUT2D eigenvalue weighted by molar-refractivity contribution is 0.830. The maximum Gasteiger partial charge on any atom is 0.148 e. The van der Waals surface area contributed by atoms with Crippen LogP contribution in [0.5, 0.6) is 0 Å². The predicted octanol–water partition coefficient (Wildman–Crippen LogP) is 1.77. The number of aromatic nitrogens is 3. The third kappa shape index (κ3) is 1.83. The molecule has 0 radical (unpaired) electrons. The van der Waals surface area contributed by atoms with E-state index in [0.29, 0.717) is 0 Å². The molecule has 0 aliphatic heterocycles. The maximum absolute atomic E-state index is 5.79. The molecule has 0 aliphatic carbocycles. The quantitative estimate of drug-likeness (QED) is 0.717. The average molecular weight is 202 g/mol. The summed E-state index contributed by atoms with van der Waals surface area (Å²) in [5.74, 6) is 1.64. The molecule has 1 heterocycles. The number of benzene rings is 1. The van der Waals surface area contributed by atoms with Gasteiger partial charge in [0.15, 0.2) is 0 Å². The topological polar surface area (TPSA) is 56.7 Å². The zero-order chi connectivity index (χ0) is 11.0. The standard InChI is InChI=1S/C11H14N4/c1-7-4-10(12)6-11(5-7)15-9(3)13-8(2)14-15/h4-6H,12H2,1-3H3. The summed E-state index contributed by atoms with van der Waals surface area (Å²) in [6.45, 7) is 5.82. The largest absolute Gasteiger partial charge is 0.399 e. The Bertz CT molecular complexity index is 479. The number of hydrogen-bond donors (Lipinski definition) is 1. The maximum atomic E-state index is 5.79. The summed E-state index contributed by atoms with van der Waals surface area (Å²) in [5.41, 5.74) is 8.63. The number of nitrogens with zero attached hydrogens (tertiary/aromatic N) is 3. The highest BCUT2D eigenvalue weighted by atomic mass is 15.3. The SMILES string of the molecule is Cc1cc(N)cc(-n2nc(C)nc2C)c1. The van der Waals surface area contributed by atoms with Crippen LogP contribution in [0.3, 0.4) is 0 Å². The van der Waals surface area contributed by atoms with Gasteiger partial charge in [-0.1, -0.05) is 0 Å². The Balaban J connectivity index is 2.58. The smallest absolute Gasteiger partial charge is 0.148 e. The molecule has 2 N–H and O–H groups in total. The molecule has 0 amide bonds. The first-order valence-electron chi connectivity index (χ1n) is 4.84. The van der Waals surface area contributed by atoms with Gasteiger partial charge in [0.1, 0.15) is 11.6 Å². The highest BCUT2D eigenvalue weighted by Gasteiger charge is 2.05. The molecule has 4 nitrogen and oxygen atoms in total. The molecule has 15 heavy (non-hydrogen) atoms. The van der Waals surface area contributed by atoms with Crippen molar-refractivity contribution in [1.82, 2.24) is 14.8 Å². The van der Waals surface area contributed by atoms with E-state index in [1.165, 1.54) is 0 Å². The number of hydrogen-bond acceptors (Lipinski definition) is 3. The van der Waals surface area contributed by atoms with Crippen LogP contribution in [0.1, 0.15) is 17.2 Å². The van der Waals surface area contributed by atoms with Crippen molar-refractivity contribution in [3.8, 4) is 5.69 Å². The van der Waals surface area contributed by atoms with Crippen molar-refractivity contribution in [2.75, 3.05) is 5.73 Å². The Kier molecular flexibility index (Phi) is 2.19.